The number of hydrogen-bond donors (Lipinski definition) is 2. The summed E-state index contributed by atoms with van der Waals surface area (Å²) in [4.78, 5) is 10.8. The highest BCUT2D eigenvalue weighted by Gasteiger charge is 2.25. The van der Waals surface area contributed by atoms with E-state index in [2.05, 4.69) is 0 Å². The van der Waals surface area contributed by atoms with Crippen LogP contribution in [-0.4, -0.2) is 23.7 Å². The van der Waals surface area contributed by atoms with Gasteiger partial charge in [-0.25, -0.2) is 0 Å². The van der Waals surface area contributed by atoms with Crippen LogP contribution in [0.25, 0.3) is 0 Å². The van der Waals surface area contributed by atoms with Gasteiger partial charge in [0.1, 0.15) is 5.76 Å². The second-order valence-corrected chi connectivity index (χ2v) is 2.57. The molecule has 0 radical (unpaired) electrons. The lowest BCUT2D eigenvalue weighted by molar-refractivity contribution is -0.140. The van der Waals surface area contributed by atoms with Crippen LogP contribution in [0.3, 0.4) is 0 Å². The Morgan fingerprint density at radius 3 is 2.75 bits per heavy atom. The van der Waals surface area contributed by atoms with Crippen LogP contribution in [0.2, 0.25) is 0 Å². The molecule has 1 rings (SSSR count). The van der Waals surface area contributed by atoms with Crippen molar-refractivity contribution >= 4 is 18.4 Å². The van der Waals surface area contributed by atoms with Crippen molar-refractivity contribution in [2.75, 3.05) is 6.61 Å². The van der Waals surface area contributed by atoms with Gasteiger partial charge in [0.2, 0.25) is 0 Å². The van der Waals surface area contributed by atoms with Crippen LogP contribution < -0.4 is 5.73 Å². The molecule has 0 saturated carbocycles. The van der Waals surface area contributed by atoms with E-state index in [1.54, 1.807) is 13.0 Å². The largest absolute Gasteiger partial charge is 0.429 e. The van der Waals surface area contributed by atoms with Gasteiger partial charge in [0.15, 0.2) is 0 Å². The van der Waals surface area contributed by atoms with Gasteiger partial charge in [-0.2, -0.15) is 0 Å². The molecule has 0 bridgehead atoms. The third-order valence-electron chi connectivity index (χ3n) is 1.57. The third kappa shape index (κ3) is 2.20. The summed E-state index contributed by atoms with van der Waals surface area (Å²) in [5, 5.41) is 8.61. The summed E-state index contributed by atoms with van der Waals surface area (Å²) in [6.45, 7) is 1.52. The van der Waals surface area contributed by atoms with Crippen LogP contribution in [0, 0.1) is 5.92 Å². The van der Waals surface area contributed by atoms with Crippen LogP contribution in [-0.2, 0) is 9.53 Å². The Balaban J connectivity index is 0.00000121. The van der Waals surface area contributed by atoms with Crippen LogP contribution in [0.15, 0.2) is 11.8 Å². The third-order valence-corrected chi connectivity index (χ3v) is 1.57. The van der Waals surface area contributed by atoms with E-state index >= 15 is 0 Å². The smallest absolute Gasteiger partial charge is 0.317 e. The lowest BCUT2D eigenvalue weighted by atomic mass is 10.1. The Morgan fingerprint density at radius 1 is 1.83 bits per heavy atom. The molecule has 3 N–H and O–H groups in total. The molecule has 0 fully saturated rings. The number of halogens is 1. The normalized spacial score (nSPS) is 24.1. The summed E-state index contributed by atoms with van der Waals surface area (Å²) in [6.07, 6.45) is 1.63. The maximum absolute atomic E-state index is 10.8. The second-order valence-electron chi connectivity index (χ2n) is 2.57. The number of aliphatic hydroxyl groups is 1. The predicted molar refractivity (Wildman–Crippen MR) is 45.6 cm³/mol. The Bertz CT molecular complexity index is 205. The van der Waals surface area contributed by atoms with Gasteiger partial charge in [-0.1, -0.05) is 0 Å². The lowest BCUT2D eigenvalue weighted by Crippen LogP contribution is -2.27. The summed E-state index contributed by atoms with van der Waals surface area (Å²) in [5.74, 6) is -0.156. The first-order valence-corrected chi connectivity index (χ1v) is 3.45. The number of esters is 1. The summed E-state index contributed by atoms with van der Waals surface area (Å²) < 4.78 is 4.76. The molecule has 0 spiro atoms. The number of ether oxygens (including phenoxy) is 1. The van der Waals surface area contributed by atoms with Crippen molar-refractivity contribution < 1.29 is 14.6 Å². The Morgan fingerprint density at radius 2 is 2.42 bits per heavy atom. The highest BCUT2D eigenvalue weighted by molar-refractivity contribution is 5.85. The fraction of sp³-hybridized carbons (Fsp3) is 0.571. The maximum atomic E-state index is 10.8. The summed E-state index contributed by atoms with van der Waals surface area (Å²) in [7, 11) is 0. The van der Waals surface area contributed by atoms with E-state index in [-0.39, 0.29) is 30.9 Å². The van der Waals surface area contributed by atoms with Gasteiger partial charge in [-0.3, -0.25) is 4.79 Å². The lowest BCUT2D eigenvalue weighted by Gasteiger charge is -2.07. The number of carbonyl (C=O) groups excluding carboxylic acids is 1. The molecule has 0 saturated heterocycles. The molecule has 1 aliphatic heterocycles. The predicted octanol–water partition coefficient (Wildman–Crippen LogP) is -0.195. The number of nitrogens with two attached hydrogens (primary N) is 1. The topological polar surface area (TPSA) is 72.6 Å². The van der Waals surface area contributed by atoms with Crippen molar-refractivity contribution in [3.8, 4) is 0 Å². The quantitative estimate of drug-likeness (QED) is 0.596. The molecule has 2 atom stereocenters. The van der Waals surface area contributed by atoms with E-state index in [1.165, 1.54) is 0 Å². The molecule has 1 heterocycles. The fourth-order valence-electron chi connectivity index (χ4n) is 0.847. The molecule has 0 amide bonds. The molecule has 4 nitrogen and oxygen atoms in total. The second kappa shape index (κ2) is 4.45. The highest BCUT2D eigenvalue weighted by Crippen LogP contribution is 2.18. The molecular formula is C7H12ClNO3. The Labute approximate surface area is 76.8 Å². The summed E-state index contributed by atoms with van der Waals surface area (Å²) >= 11 is 0. The SMILES string of the molecule is C[C@@H]1C=C([C@@H](N)CO)OC1=O.Cl. The molecule has 70 valence electrons. The monoisotopic (exact) mass is 193 g/mol. The minimum absolute atomic E-state index is 0. The maximum Gasteiger partial charge on any atom is 0.317 e. The average Bonchev–Trinajstić information content (AvgIpc) is 2.31. The van der Waals surface area contributed by atoms with Crippen molar-refractivity contribution in [2.45, 2.75) is 13.0 Å². The van der Waals surface area contributed by atoms with E-state index in [9.17, 15) is 4.79 Å². The van der Waals surface area contributed by atoms with Gasteiger partial charge in [0.25, 0.3) is 0 Å². The summed E-state index contributed by atoms with van der Waals surface area (Å²) in [5.41, 5.74) is 5.41. The molecule has 1 aliphatic rings. The van der Waals surface area contributed by atoms with Gasteiger partial charge in [0, 0.05) is 0 Å². The van der Waals surface area contributed by atoms with Crippen molar-refractivity contribution in [3.63, 3.8) is 0 Å². The highest BCUT2D eigenvalue weighted by atomic mass is 35.5. The van der Waals surface area contributed by atoms with Crippen molar-refractivity contribution in [3.05, 3.63) is 11.8 Å². The van der Waals surface area contributed by atoms with Gasteiger partial charge >= 0.3 is 5.97 Å². The number of rotatable bonds is 2. The van der Waals surface area contributed by atoms with E-state index in [0.29, 0.717) is 5.76 Å². The van der Waals surface area contributed by atoms with E-state index < -0.39 is 6.04 Å². The van der Waals surface area contributed by atoms with Crippen LogP contribution in [0.1, 0.15) is 6.92 Å². The average molecular weight is 194 g/mol. The molecule has 5 heteroatoms. The van der Waals surface area contributed by atoms with Gasteiger partial charge in [-0.05, 0) is 13.0 Å². The zero-order valence-corrected chi connectivity index (χ0v) is 7.50. The minimum atomic E-state index is -0.566. The Hall–Kier alpha value is -0.580. The Kier molecular flexibility index (Phi) is 4.23. The first-order chi connectivity index (χ1) is 5.15. The van der Waals surface area contributed by atoms with E-state index in [0.717, 1.165) is 0 Å². The molecule has 0 aromatic carbocycles. The van der Waals surface area contributed by atoms with Crippen molar-refractivity contribution in [2.24, 2.45) is 11.7 Å². The van der Waals surface area contributed by atoms with Crippen LogP contribution in [0.4, 0.5) is 0 Å². The van der Waals surface area contributed by atoms with Crippen molar-refractivity contribution in [1.29, 1.82) is 0 Å². The van der Waals surface area contributed by atoms with Gasteiger partial charge in [-0.15, -0.1) is 12.4 Å². The minimum Gasteiger partial charge on any atom is -0.429 e. The zero-order valence-electron chi connectivity index (χ0n) is 6.69. The van der Waals surface area contributed by atoms with Crippen molar-refractivity contribution in [1.82, 2.24) is 0 Å². The standard InChI is InChI=1S/C7H11NO3.ClH/c1-4-2-6(5(8)3-9)11-7(4)10;/h2,4-5,9H,3,8H2,1H3;1H/t4-,5+;/m1./s1. The number of hydrogen-bond acceptors (Lipinski definition) is 4. The number of aliphatic hydroxyl groups excluding tert-OH is 1. The van der Waals surface area contributed by atoms with Crippen LogP contribution in [0.5, 0.6) is 0 Å². The van der Waals surface area contributed by atoms with Crippen LogP contribution >= 0.6 is 12.4 Å². The molecular weight excluding hydrogens is 182 g/mol. The number of cyclic esters (lactones) is 1. The first-order valence-electron chi connectivity index (χ1n) is 3.45. The molecule has 0 aromatic rings. The molecule has 0 aliphatic carbocycles. The van der Waals surface area contributed by atoms with Gasteiger partial charge < -0.3 is 15.6 Å². The fourth-order valence-corrected chi connectivity index (χ4v) is 0.847. The van der Waals surface area contributed by atoms with E-state index in [1.807, 2.05) is 0 Å². The molecule has 12 heavy (non-hydrogen) atoms. The zero-order chi connectivity index (χ0) is 8.43. The molecule has 0 unspecified atom stereocenters. The summed E-state index contributed by atoms with van der Waals surface area (Å²) in [6, 6.07) is -0.566. The first kappa shape index (κ1) is 11.4. The molecule has 0 aromatic heterocycles. The van der Waals surface area contributed by atoms with Gasteiger partial charge in [0.05, 0.1) is 18.6 Å². The van der Waals surface area contributed by atoms with E-state index in [4.69, 9.17) is 15.6 Å². The number of carbonyl (C=O) groups is 1.